The fourth-order valence-corrected chi connectivity index (χ4v) is 3.45. The largest absolute Gasteiger partial charge is 0.369 e. The van der Waals surface area contributed by atoms with Crippen LogP contribution >= 0.6 is 23.1 Å². The van der Waals surface area contributed by atoms with Crippen LogP contribution in [0.3, 0.4) is 0 Å². The molecule has 7 heteroatoms. The van der Waals surface area contributed by atoms with Crippen LogP contribution in [0.1, 0.15) is 30.5 Å². The van der Waals surface area contributed by atoms with Gasteiger partial charge in [-0.1, -0.05) is 34.3 Å². The minimum atomic E-state index is -0.276. The Hall–Kier alpha value is -1.66. The highest BCUT2D eigenvalue weighted by atomic mass is 35.5. The van der Waals surface area contributed by atoms with Gasteiger partial charge in [-0.15, -0.1) is 5.10 Å². The number of amides is 1. The van der Waals surface area contributed by atoms with Gasteiger partial charge in [-0.3, -0.25) is 4.79 Å². The lowest BCUT2D eigenvalue weighted by molar-refractivity contribution is -0.119. The van der Waals surface area contributed by atoms with Crippen LogP contribution in [-0.2, 0) is 11.3 Å². The zero-order valence-electron chi connectivity index (χ0n) is 11.5. The fraction of sp³-hybridized carbons (Fsp3) is 0.357. The predicted octanol–water partition coefficient (Wildman–Crippen LogP) is 2.56. The van der Waals surface area contributed by atoms with Gasteiger partial charge in [0.05, 0.1) is 12.5 Å². The molecule has 0 unspecified atom stereocenters. The van der Waals surface area contributed by atoms with Gasteiger partial charge in [0, 0.05) is 23.3 Å². The molecule has 0 saturated carbocycles. The van der Waals surface area contributed by atoms with E-state index in [1.807, 2.05) is 24.3 Å². The van der Waals surface area contributed by atoms with Gasteiger partial charge >= 0.3 is 0 Å². The second-order valence-electron chi connectivity index (χ2n) is 5.22. The molecule has 0 radical (unpaired) electrons. The summed E-state index contributed by atoms with van der Waals surface area (Å²) < 4.78 is 4.48. The second kappa shape index (κ2) is 5.61. The van der Waals surface area contributed by atoms with Crippen molar-refractivity contribution in [2.75, 3.05) is 4.90 Å². The zero-order valence-corrected chi connectivity index (χ0v) is 13.1. The highest BCUT2D eigenvalue weighted by Gasteiger charge is 2.33. The standard InChI is InChI=1S/C14H15ClN4OS/c1-8-6-10(14(16)20)9-4-2-3-5-12(9)19(8)7-11-13(15)21-18-17-11/h2-5,8,10H,6-7H2,1H3,(H2,16,20)/t8-,10-/m1/s1. The number of primary amides is 1. The Morgan fingerprint density at radius 3 is 2.95 bits per heavy atom. The van der Waals surface area contributed by atoms with E-state index in [0.717, 1.165) is 16.9 Å². The second-order valence-corrected chi connectivity index (χ2v) is 6.58. The average molecular weight is 323 g/mol. The van der Waals surface area contributed by atoms with Crippen molar-refractivity contribution in [2.24, 2.45) is 5.73 Å². The van der Waals surface area contributed by atoms with Crippen LogP contribution in [0.5, 0.6) is 0 Å². The number of nitrogens with two attached hydrogens (primary N) is 1. The van der Waals surface area contributed by atoms with Crippen molar-refractivity contribution in [2.45, 2.75) is 31.8 Å². The van der Waals surface area contributed by atoms with Crippen molar-refractivity contribution < 1.29 is 4.79 Å². The first-order valence-electron chi connectivity index (χ1n) is 6.69. The van der Waals surface area contributed by atoms with E-state index >= 15 is 0 Å². The summed E-state index contributed by atoms with van der Waals surface area (Å²) in [6.07, 6.45) is 0.696. The Balaban J connectivity index is 1.99. The minimum absolute atomic E-state index is 0.176. The van der Waals surface area contributed by atoms with Gasteiger partial charge in [0.2, 0.25) is 5.91 Å². The van der Waals surface area contributed by atoms with Gasteiger partial charge in [0.1, 0.15) is 10.0 Å². The number of aromatic nitrogens is 2. The molecule has 1 aliphatic rings. The quantitative estimate of drug-likeness (QED) is 0.942. The summed E-state index contributed by atoms with van der Waals surface area (Å²) in [6.45, 7) is 2.67. The summed E-state index contributed by atoms with van der Waals surface area (Å²) >= 11 is 7.29. The van der Waals surface area contributed by atoms with Crippen LogP contribution in [0.2, 0.25) is 4.34 Å². The molecule has 2 heterocycles. The third kappa shape index (κ3) is 2.61. The van der Waals surface area contributed by atoms with Crippen molar-refractivity contribution in [1.29, 1.82) is 0 Å². The van der Waals surface area contributed by atoms with E-state index < -0.39 is 0 Å². The molecule has 2 atom stereocenters. The van der Waals surface area contributed by atoms with E-state index in [1.165, 1.54) is 11.5 Å². The lowest BCUT2D eigenvalue weighted by Crippen LogP contribution is -2.41. The molecule has 0 fully saturated rings. The van der Waals surface area contributed by atoms with Crippen molar-refractivity contribution in [3.05, 3.63) is 39.9 Å². The van der Waals surface area contributed by atoms with E-state index in [4.69, 9.17) is 17.3 Å². The van der Waals surface area contributed by atoms with Gasteiger partial charge in [-0.2, -0.15) is 0 Å². The molecule has 21 heavy (non-hydrogen) atoms. The lowest BCUT2D eigenvalue weighted by Gasteiger charge is -2.39. The summed E-state index contributed by atoms with van der Waals surface area (Å²) in [5.74, 6) is -0.515. The number of hydrogen-bond donors (Lipinski definition) is 1. The number of carbonyl (C=O) groups is 1. The molecule has 5 nitrogen and oxygen atoms in total. The van der Waals surface area contributed by atoms with Crippen LogP contribution < -0.4 is 10.6 Å². The zero-order chi connectivity index (χ0) is 15.0. The molecular formula is C14H15ClN4OS. The molecule has 2 N–H and O–H groups in total. The topological polar surface area (TPSA) is 72.1 Å². The Morgan fingerprint density at radius 2 is 2.29 bits per heavy atom. The SMILES string of the molecule is C[C@@H]1C[C@@H](C(N)=O)c2ccccc2N1Cc1nnsc1Cl. The number of benzene rings is 1. The van der Waals surface area contributed by atoms with Crippen LogP contribution in [0.4, 0.5) is 5.69 Å². The molecule has 110 valence electrons. The summed E-state index contributed by atoms with van der Waals surface area (Å²) in [7, 11) is 0. The summed E-state index contributed by atoms with van der Waals surface area (Å²) in [5, 5.41) is 4.07. The Labute approximate surface area is 131 Å². The highest BCUT2D eigenvalue weighted by molar-refractivity contribution is 7.10. The first kappa shape index (κ1) is 14.3. The number of anilines is 1. The molecule has 0 spiro atoms. The van der Waals surface area contributed by atoms with Gasteiger partial charge in [-0.05, 0) is 25.0 Å². The van der Waals surface area contributed by atoms with Crippen molar-refractivity contribution >= 4 is 34.7 Å². The maximum absolute atomic E-state index is 11.7. The van der Waals surface area contributed by atoms with Crippen molar-refractivity contribution in [1.82, 2.24) is 9.59 Å². The predicted molar refractivity (Wildman–Crippen MR) is 83.6 cm³/mol. The lowest BCUT2D eigenvalue weighted by atomic mass is 9.85. The Morgan fingerprint density at radius 1 is 1.52 bits per heavy atom. The van der Waals surface area contributed by atoms with E-state index in [9.17, 15) is 4.79 Å². The number of halogens is 1. The number of rotatable bonds is 3. The maximum atomic E-state index is 11.7. The maximum Gasteiger partial charge on any atom is 0.225 e. The number of para-hydroxylation sites is 1. The van der Waals surface area contributed by atoms with Gasteiger partial charge < -0.3 is 10.6 Å². The van der Waals surface area contributed by atoms with E-state index in [2.05, 4.69) is 21.4 Å². The average Bonchev–Trinajstić information content (AvgIpc) is 2.86. The number of fused-ring (bicyclic) bond motifs is 1. The minimum Gasteiger partial charge on any atom is -0.369 e. The van der Waals surface area contributed by atoms with Crippen LogP contribution in [0.25, 0.3) is 0 Å². The fourth-order valence-electron chi connectivity index (χ4n) is 2.84. The van der Waals surface area contributed by atoms with Crippen molar-refractivity contribution in [3.8, 4) is 0 Å². The van der Waals surface area contributed by atoms with Gasteiger partial charge in [-0.25, -0.2) is 0 Å². The van der Waals surface area contributed by atoms with E-state index in [0.29, 0.717) is 17.3 Å². The summed E-state index contributed by atoms with van der Waals surface area (Å²) in [4.78, 5) is 13.9. The molecular weight excluding hydrogens is 308 g/mol. The molecule has 3 rings (SSSR count). The normalized spacial score (nSPS) is 21.1. The first-order valence-corrected chi connectivity index (χ1v) is 7.84. The molecule has 1 aliphatic heterocycles. The van der Waals surface area contributed by atoms with Gasteiger partial charge in [0.15, 0.2) is 0 Å². The molecule has 0 aliphatic carbocycles. The Kier molecular flexibility index (Phi) is 3.82. The summed E-state index contributed by atoms with van der Waals surface area (Å²) in [6, 6.07) is 8.04. The smallest absolute Gasteiger partial charge is 0.225 e. The molecule has 0 bridgehead atoms. The van der Waals surface area contributed by atoms with Gasteiger partial charge in [0.25, 0.3) is 0 Å². The third-order valence-electron chi connectivity index (χ3n) is 3.90. The third-order valence-corrected chi connectivity index (χ3v) is 4.89. The number of hydrogen-bond acceptors (Lipinski definition) is 5. The summed E-state index contributed by atoms with van der Waals surface area (Å²) in [5.41, 5.74) is 8.31. The van der Waals surface area contributed by atoms with Crippen molar-refractivity contribution in [3.63, 3.8) is 0 Å². The van der Waals surface area contributed by atoms with E-state index in [-0.39, 0.29) is 17.9 Å². The molecule has 1 aromatic heterocycles. The Bertz CT molecular complexity index is 674. The van der Waals surface area contributed by atoms with Crippen LogP contribution in [-0.4, -0.2) is 21.5 Å². The van der Waals surface area contributed by atoms with Crippen LogP contribution in [0, 0.1) is 0 Å². The molecule has 0 saturated heterocycles. The monoisotopic (exact) mass is 322 g/mol. The molecule has 2 aromatic rings. The highest BCUT2D eigenvalue weighted by Crippen LogP contribution is 2.39. The first-order chi connectivity index (χ1) is 10.1. The molecule has 1 amide bonds. The number of nitrogens with zero attached hydrogens (tertiary/aromatic N) is 3. The van der Waals surface area contributed by atoms with E-state index in [1.54, 1.807) is 0 Å². The molecule has 1 aromatic carbocycles. The number of carbonyl (C=O) groups excluding carboxylic acids is 1. The van der Waals surface area contributed by atoms with Crippen LogP contribution in [0.15, 0.2) is 24.3 Å².